The van der Waals surface area contributed by atoms with Crippen LogP contribution in [0.1, 0.15) is 32.1 Å². The van der Waals surface area contributed by atoms with Gasteiger partial charge in [-0.15, -0.1) is 12.3 Å². The van der Waals surface area contributed by atoms with E-state index in [1.165, 1.54) is 25.7 Å². The van der Waals surface area contributed by atoms with Crippen LogP contribution in [0.3, 0.4) is 0 Å². The molecule has 0 aliphatic carbocycles. The van der Waals surface area contributed by atoms with Gasteiger partial charge in [0.2, 0.25) is 0 Å². The van der Waals surface area contributed by atoms with Gasteiger partial charge in [-0.1, -0.05) is 12.8 Å². The van der Waals surface area contributed by atoms with Crippen molar-refractivity contribution >= 4 is 8.32 Å². The first-order chi connectivity index (χ1) is 6.06. The van der Waals surface area contributed by atoms with Gasteiger partial charge in [-0.05, 0) is 32.5 Å². The fourth-order valence-electron chi connectivity index (χ4n) is 1.06. The Morgan fingerprint density at radius 1 is 1.08 bits per heavy atom. The Morgan fingerprint density at radius 3 is 2.23 bits per heavy atom. The molecule has 0 amide bonds. The molecule has 1 nitrogen and oxygen atoms in total. The minimum atomic E-state index is -1.26. The summed E-state index contributed by atoms with van der Waals surface area (Å²) in [6, 6.07) is 0. The van der Waals surface area contributed by atoms with Crippen molar-refractivity contribution in [2.24, 2.45) is 0 Å². The summed E-state index contributed by atoms with van der Waals surface area (Å²) in [6.45, 7) is 7.62. The molecule has 0 aromatic rings. The number of hydrogen-bond donors (Lipinski definition) is 0. The third-order valence-electron chi connectivity index (χ3n) is 1.75. The molecule has 0 saturated carbocycles. The molecule has 0 radical (unpaired) electrons. The first-order valence-corrected chi connectivity index (χ1v) is 8.54. The minimum absolute atomic E-state index is 0.925. The molecule has 0 aromatic heterocycles. The smallest absolute Gasteiger partial charge is 0.183 e. The Hall–Kier alpha value is -0.263. The summed E-state index contributed by atoms with van der Waals surface area (Å²) in [5, 5.41) is 0. The molecule has 0 aliphatic heterocycles. The molecule has 0 spiro atoms. The van der Waals surface area contributed by atoms with Gasteiger partial charge in [0.1, 0.15) is 0 Å². The summed E-state index contributed by atoms with van der Waals surface area (Å²) >= 11 is 0. The van der Waals surface area contributed by atoms with Gasteiger partial charge >= 0.3 is 0 Å². The van der Waals surface area contributed by atoms with Gasteiger partial charge in [-0.3, -0.25) is 0 Å². The summed E-state index contributed by atoms with van der Waals surface area (Å²) in [5.74, 6) is 2.66. The van der Waals surface area contributed by atoms with Gasteiger partial charge in [0.05, 0.1) is 0 Å². The summed E-state index contributed by atoms with van der Waals surface area (Å²) in [7, 11) is -1.26. The average molecular weight is 198 g/mol. The van der Waals surface area contributed by atoms with Gasteiger partial charge in [-0.25, -0.2) is 0 Å². The van der Waals surface area contributed by atoms with Gasteiger partial charge in [-0.2, -0.15) is 0 Å². The summed E-state index contributed by atoms with van der Waals surface area (Å²) < 4.78 is 5.73. The quantitative estimate of drug-likeness (QED) is 0.346. The second-order valence-corrected chi connectivity index (χ2v) is 8.84. The van der Waals surface area contributed by atoms with E-state index in [1.54, 1.807) is 0 Å². The van der Waals surface area contributed by atoms with E-state index in [4.69, 9.17) is 10.8 Å². The zero-order chi connectivity index (χ0) is 10.2. The molecule has 2 heteroatoms. The number of terminal acetylenes is 1. The molecule has 0 N–H and O–H groups in total. The summed E-state index contributed by atoms with van der Waals surface area (Å²) in [4.78, 5) is 0. The van der Waals surface area contributed by atoms with Crippen LogP contribution in [-0.4, -0.2) is 14.9 Å². The van der Waals surface area contributed by atoms with Crippen molar-refractivity contribution in [3.05, 3.63) is 0 Å². The molecule has 0 aliphatic rings. The van der Waals surface area contributed by atoms with E-state index in [-0.39, 0.29) is 0 Å². The predicted molar refractivity (Wildman–Crippen MR) is 61.2 cm³/mol. The van der Waals surface area contributed by atoms with Crippen molar-refractivity contribution in [1.29, 1.82) is 0 Å². The van der Waals surface area contributed by atoms with E-state index >= 15 is 0 Å². The zero-order valence-corrected chi connectivity index (χ0v) is 10.2. The van der Waals surface area contributed by atoms with Crippen molar-refractivity contribution in [3.63, 3.8) is 0 Å². The third kappa shape index (κ3) is 11.7. The third-order valence-corrected chi connectivity index (χ3v) is 2.82. The lowest BCUT2D eigenvalue weighted by atomic mass is 10.1. The van der Waals surface area contributed by atoms with Gasteiger partial charge < -0.3 is 4.43 Å². The summed E-state index contributed by atoms with van der Waals surface area (Å²) in [6.07, 6.45) is 10.9. The molecule has 0 rings (SSSR count). The van der Waals surface area contributed by atoms with Crippen molar-refractivity contribution < 1.29 is 4.43 Å². The highest BCUT2D eigenvalue weighted by molar-refractivity contribution is 6.69. The van der Waals surface area contributed by atoms with Crippen LogP contribution in [0.5, 0.6) is 0 Å². The van der Waals surface area contributed by atoms with E-state index in [9.17, 15) is 0 Å². The molecular weight excluding hydrogens is 176 g/mol. The van der Waals surface area contributed by atoms with E-state index in [2.05, 4.69) is 25.6 Å². The standard InChI is InChI=1S/C11H22OSi/c1-5-6-7-8-9-10-11-12-13(2,3)4/h1H,6-11H2,2-4H3. The Labute approximate surface area is 84.0 Å². The molecular formula is C11H22OSi. The lowest BCUT2D eigenvalue weighted by molar-refractivity contribution is 0.299. The maximum atomic E-state index is 5.73. The maximum absolute atomic E-state index is 5.73. The second kappa shape index (κ2) is 7.17. The molecule has 76 valence electrons. The minimum Gasteiger partial charge on any atom is -0.418 e. The Balaban J connectivity index is 3.05. The van der Waals surface area contributed by atoms with Crippen molar-refractivity contribution in [3.8, 4) is 12.3 Å². The largest absolute Gasteiger partial charge is 0.418 e. The zero-order valence-electron chi connectivity index (χ0n) is 9.23. The van der Waals surface area contributed by atoms with Crippen molar-refractivity contribution in [1.82, 2.24) is 0 Å². The first-order valence-electron chi connectivity index (χ1n) is 5.14. The average Bonchev–Trinajstić information content (AvgIpc) is 2.01. The van der Waals surface area contributed by atoms with E-state index in [0.717, 1.165) is 13.0 Å². The van der Waals surface area contributed by atoms with Gasteiger partial charge in [0, 0.05) is 13.0 Å². The summed E-state index contributed by atoms with van der Waals surface area (Å²) in [5.41, 5.74) is 0. The van der Waals surface area contributed by atoms with E-state index in [1.807, 2.05) is 0 Å². The van der Waals surface area contributed by atoms with Crippen LogP contribution in [0.25, 0.3) is 0 Å². The van der Waals surface area contributed by atoms with E-state index in [0.29, 0.717) is 0 Å². The highest BCUT2D eigenvalue weighted by Gasteiger charge is 2.12. The van der Waals surface area contributed by atoms with Gasteiger partial charge in [0.25, 0.3) is 0 Å². The molecule has 0 saturated heterocycles. The SMILES string of the molecule is C#CCCCCCCO[Si](C)(C)C. The van der Waals surface area contributed by atoms with Crippen molar-refractivity contribution in [2.75, 3.05) is 6.61 Å². The van der Waals surface area contributed by atoms with Crippen LogP contribution in [0.15, 0.2) is 0 Å². The van der Waals surface area contributed by atoms with Gasteiger partial charge in [0.15, 0.2) is 8.32 Å². The monoisotopic (exact) mass is 198 g/mol. The van der Waals surface area contributed by atoms with Crippen LogP contribution >= 0.6 is 0 Å². The van der Waals surface area contributed by atoms with Crippen LogP contribution in [-0.2, 0) is 4.43 Å². The molecule has 0 atom stereocenters. The lowest BCUT2D eigenvalue weighted by Gasteiger charge is -2.16. The Morgan fingerprint density at radius 2 is 1.69 bits per heavy atom. The Kier molecular flexibility index (Phi) is 7.03. The lowest BCUT2D eigenvalue weighted by Crippen LogP contribution is -2.25. The van der Waals surface area contributed by atoms with E-state index < -0.39 is 8.32 Å². The molecule has 0 unspecified atom stereocenters. The Bertz CT molecular complexity index is 152. The normalized spacial score (nSPS) is 11.2. The number of rotatable bonds is 7. The molecule has 0 bridgehead atoms. The highest BCUT2D eigenvalue weighted by Crippen LogP contribution is 2.06. The van der Waals surface area contributed by atoms with Crippen LogP contribution in [0.4, 0.5) is 0 Å². The first kappa shape index (κ1) is 12.7. The molecule has 0 heterocycles. The fourth-order valence-corrected chi connectivity index (χ4v) is 1.82. The van der Waals surface area contributed by atoms with Crippen LogP contribution < -0.4 is 0 Å². The van der Waals surface area contributed by atoms with Crippen LogP contribution in [0, 0.1) is 12.3 Å². The molecule has 13 heavy (non-hydrogen) atoms. The second-order valence-electron chi connectivity index (χ2n) is 4.33. The number of hydrogen-bond acceptors (Lipinski definition) is 1. The topological polar surface area (TPSA) is 9.23 Å². The maximum Gasteiger partial charge on any atom is 0.183 e. The fraction of sp³-hybridized carbons (Fsp3) is 0.818. The van der Waals surface area contributed by atoms with Crippen LogP contribution in [0.2, 0.25) is 19.6 Å². The molecule has 0 fully saturated rings. The number of unbranched alkanes of at least 4 members (excludes halogenated alkanes) is 4. The predicted octanol–water partition coefficient (Wildman–Crippen LogP) is 3.42. The van der Waals surface area contributed by atoms with Crippen molar-refractivity contribution in [2.45, 2.75) is 51.7 Å². The molecule has 0 aromatic carbocycles. The highest BCUT2D eigenvalue weighted by atomic mass is 28.4.